The van der Waals surface area contributed by atoms with E-state index in [4.69, 9.17) is 0 Å². The minimum atomic E-state index is 0.720. The third kappa shape index (κ3) is 4.01. The molecule has 1 aromatic heterocycles. The van der Waals surface area contributed by atoms with Crippen molar-refractivity contribution in [1.82, 2.24) is 4.90 Å². The molecule has 1 aromatic rings. The van der Waals surface area contributed by atoms with Crippen molar-refractivity contribution in [3.63, 3.8) is 0 Å². The van der Waals surface area contributed by atoms with Crippen LogP contribution < -0.4 is 0 Å². The van der Waals surface area contributed by atoms with Gasteiger partial charge in [-0.15, -0.1) is 0 Å². The maximum Gasteiger partial charge on any atom is 0.0245 e. The molecule has 1 heterocycles. The highest BCUT2D eigenvalue weighted by molar-refractivity contribution is 7.80. The zero-order valence-corrected chi connectivity index (χ0v) is 12.5. The van der Waals surface area contributed by atoms with Crippen LogP contribution in [0.3, 0.4) is 0 Å². The lowest BCUT2D eigenvalue weighted by atomic mass is 9.97. The van der Waals surface area contributed by atoms with Crippen molar-refractivity contribution in [2.75, 3.05) is 12.3 Å². The van der Waals surface area contributed by atoms with E-state index in [1.807, 2.05) is 0 Å². The number of thiol groups is 1. The van der Waals surface area contributed by atoms with Crippen molar-refractivity contribution in [3.8, 4) is 0 Å². The summed E-state index contributed by atoms with van der Waals surface area (Å²) >= 11 is 6.31. The van der Waals surface area contributed by atoms with Crippen LogP contribution in [0, 0.1) is 11.8 Å². The molecule has 0 bridgehead atoms. The zero-order chi connectivity index (χ0) is 12.3. The highest BCUT2D eigenvalue weighted by atomic mass is 32.1. The Morgan fingerprint density at radius 2 is 2.24 bits per heavy atom. The molecule has 1 aliphatic rings. The van der Waals surface area contributed by atoms with E-state index in [0.717, 1.165) is 30.2 Å². The molecule has 1 atom stereocenters. The zero-order valence-electron chi connectivity index (χ0n) is 10.8. The van der Waals surface area contributed by atoms with Gasteiger partial charge in [-0.25, -0.2) is 0 Å². The van der Waals surface area contributed by atoms with Gasteiger partial charge in [-0.1, -0.05) is 13.8 Å². The van der Waals surface area contributed by atoms with Crippen LogP contribution in [0.25, 0.3) is 0 Å². The Hall–Kier alpha value is 0.01000. The third-order valence-corrected chi connectivity index (χ3v) is 4.88. The SMILES string of the molecule is CC(C)C(CS)CN(Cc1ccsc1)C1CC1. The van der Waals surface area contributed by atoms with E-state index in [2.05, 4.69) is 48.2 Å². The van der Waals surface area contributed by atoms with E-state index in [9.17, 15) is 0 Å². The standard InChI is InChI=1S/C14H23NS2/c1-11(2)13(9-16)8-15(14-3-4-14)7-12-5-6-17-10-12/h5-6,10-11,13-14,16H,3-4,7-9H2,1-2H3. The van der Waals surface area contributed by atoms with Crippen molar-refractivity contribution in [2.24, 2.45) is 11.8 Å². The molecule has 1 nitrogen and oxygen atoms in total. The smallest absolute Gasteiger partial charge is 0.0245 e. The molecule has 17 heavy (non-hydrogen) atoms. The highest BCUT2D eigenvalue weighted by Crippen LogP contribution is 2.30. The van der Waals surface area contributed by atoms with E-state index < -0.39 is 0 Å². The van der Waals surface area contributed by atoms with Crippen LogP contribution in [-0.4, -0.2) is 23.2 Å². The molecule has 0 aromatic carbocycles. The molecule has 0 aliphatic heterocycles. The molecule has 1 unspecified atom stereocenters. The third-order valence-electron chi connectivity index (χ3n) is 3.68. The summed E-state index contributed by atoms with van der Waals surface area (Å²) in [4.78, 5) is 2.67. The maximum atomic E-state index is 4.51. The van der Waals surface area contributed by atoms with Crippen molar-refractivity contribution in [3.05, 3.63) is 22.4 Å². The Labute approximate surface area is 115 Å². The second-order valence-corrected chi connectivity index (χ2v) is 6.62. The average molecular weight is 269 g/mol. The van der Waals surface area contributed by atoms with Gasteiger partial charge in [-0.05, 0) is 52.8 Å². The fourth-order valence-electron chi connectivity index (χ4n) is 2.18. The quantitative estimate of drug-likeness (QED) is 0.734. The lowest BCUT2D eigenvalue weighted by molar-refractivity contribution is 0.198. The van der Waals surface area contributed by atoms with E-state index in [1.54, 1.807) is 11.3 Å². The Balaban J connectivity index is 1.92. The Bertz CT molecular complexity index is 317. The second kappa shape index (κ2) is 6.26. The van der Waals surface area contributed by atoms with E-state index >= 15 is 0 Å². The fourth-order valence-corrected chi connectivity index (χ4v) is 3.38. The highest BCUT2D eigenvalue weighted by Gasteiger charge is 2.30. The molecule has 1 fully saturated rings. The predicted octanol–water partition coefficient (Wildman–Crippen LogP) is 3.91. The van der Waals surface area contributed by atoms with E-state index in [-0.39, 0.29) is 0 Å². The Morgan fingerprint density at radius 1 is 1.47 bits per heavy atom. The van der Waals surface area contributed by atoms with Gasteiger partial charge in [-0.3, -0.25) is 4.90 Å². The van der Waals surface area contributed by atoms with E-state index in [0.29, 0.717) is 0 Å². The van der Waals surface area contributed by atoms with Crippen molar-refractivity contribution < 1.29 is 0 Å². The van der Waals surface area contributed by atoms with Crippen molar-refractivity contribution >= 4 is 24.0 Å². The first kappa shape index (κ1) is 13.4. The average Bonchev–Trinajstić information content (AvgIpc) is 3.02. The monoisotopic (exact) mass is 269 g/mol. The summed E-state index contributed by atoms with van der Waals surface area (Å²) in [5.41, 5.74) is 1.48. The number of thiophene rings is 1. The molecule has 0 amide bonds. The maximum absolute atomic E-state index is 4.51. The van der Waals surface area contributed by atoms with Crippen LogP contribution in [0.4, 0.5) is 0 Å². The number of nitrogens with zero attached hydrogens (tertiary/aromatic N) is 1. The molecule has 1 aliphatic carbocycles. The first-order valence-electron chi connectivity index (χ1n) is 6.56. The van der Waals surface area contributed by atoms with Gasteiger partial charge in [0.2, 0.25) is 0 Å². The molecular formula is C14H23NS2. The van der Waals surface area contributed by atoms with Crippen molar-refractivity contribution in [2.45, 2.75) is 39.3 Å². The van der Waals surface area contributed by atoms with Gasteiger partial charge in [0.25, 0.3) is 0 Å². The van der Waals surface area contributed by atoms with Crippen LogP contribution in [0.1, 0.15) is 32.3 Å². The van der Waals surface area contributed by atoms with Gasteiger partial charge in [0, 0.05) is 19.1 Å². The summed E-state index contributed by atoms with van der Waals surface area (Å²) in [6.45, 7) is 6.97. The minimum absolute atomic E-state index is 0.720. The van der Waals surface area contributed by atoms with Gasteiger partial charge >= 0.3 is 0 Å². The molecule has 0 N–H and O–H groups in total. The van der Waals surface area contributed by atoms with E-state index in [1.165, 1.54) is 24.9 Å². The molecule has 0 radical (unpaired) electrons. The van der Waals surface area contributed by atoms with Gasteiger partial charge in [0.05, 0.1) is 0 Å². The Kier molecular flexibility index (Phi) is 4.95. The van der Waals surface area contributed by atoms with Gasteiger partial charge in [0.1, 0.15) is 0 Å². The normalized spacial score (nSPS) is 17.9. The van der Waals surface area contributed by atoms with Crippen LogP contribution in [0.2, 0.25) is 0 Å². The molecule has 2 rings (SSSR count). The van der Waals surface area contributed by atoms with Gasteiger partial charge < -0.3 is 0 Å². The van der Waals surface area contributed by atoms with Gasteiger partial charge in [-0.2, -0.15) is 24.0 Å². The van der Waals surface area contributed by atoms with Crippen LogP contribution in [-0.2, 0) is 6.54 Å². The Morgan fingerprint density at radius 3 is 2.71 bits per heavy atom. The predicted molar refractivity (Wildman–Crippen MR) is 79.9 cm³/mol. The summed E-state index contributed by atoms with van der Waals surface area (Å²) in [6.07, 6.45) is 2.78. The fraction of sp³-hybridized carbons (Fsp3) is 0.714. The number of hydrogen-bond acceptors (Lipinski definition) is 3. The second-order valence-electron chi connectivity index (χ2n) is 5.48. The van der Waals surface area contributed by atoms with Gasteiger partial charge in [0.15, 0.2) is 0 Å². The molecule has 0 saturated heterocycles. The molecule has 3 heteroatoms. The first-order valence-corrected chi connectivity index (χ1v) is 8.14. The largest absolute Gasteiger partial charge is 0.296 e. The first-order chi connectivity index (χ1) is 8.20. The molecule has 1 saturated carbocycles. The lowest BCUT2D eigenvalue weighted by Gasteiger charge is -2.28. The van der Waals surface area contributed by atoms with Crippen LogP contribution in [0.5, 0.6) is 0 Å². The summed E-state index contributed by atoms with van der Waals surface area (Å²) in [5.74, 6) is 2.46. The lowest BCUT2D eigenvalue weighted by Crippen LogP contribution is -2.33. The minimum Gasteiger partial charge on any atom is -0.296 e. The summed E-state index contributed by atoms with van der Waals surface area (Å²) in [6, 6.07) is 3.10. The number of rotatable bonds is 7. The summed E-state index contributed by atoms with van der Waals surface area (Å²) in [5, 5.41) is 4.46. The van der Waals surface area contributed by atoms with Crippen LogP contribution >= 0.6 is 24.0 Å². The summed E-state index contributed by atoms with van der Waals surface area (Å²) in [7, 11) is 0. The molecule has 0 spiro atoms. The molecule has 96 valence electrons. The number of hydrogen-bond donors (Lipinski definition) is 1. The topological polar surface area (TPSA) is 3.24 Å². The summed E-state index contributed by atoms with van der Waals surface area (Å²) < 4.78 is 0. The van der Waals surface area contributed by atoms with Crippen LogP contribution in [0.15, 0.2) is 16.8 Å². The van der Waals surface area contributed by atoms with Crippen molar-refractivity contribution in [1.29, 1.82) is 0 Å². The molecular weight excluding hydrogens is 246 g/mol.